The maximum absolute atomic E-state index is 13.8. The number of nitrogens with two attached hydrogens (primary N) is 1. The molecule has 3 aromatic carbocycles. The predicted molar refractivity (Wildman–Crippen MR) is 158 cm³/mol. The molecule has 0 saturated heterocycles. The van der Waals surface area contributed by atoms with E-state index in [1.807, 2.05) is 91.1 Å². The number of benzene rings is 3. The van der Waals surface area contributed by atoms with Gasteiger partial charge in [0.1, 0.15) is 5.69 Å². The Kier molecular flexibility index (Phi) is 6.90. The normalized spacial score (nSPS) is 15.0. The minimum atomic E-state index is -0.627. The highest BCUT2D eigenvalue weighted by atomic mass is 32.1. The van der Waals surface area contributed by atoms with Crippen LogP contribution in [0.5, 0.6) is 0 Å². The van der Waals surface area contributed by atoms with Gasteiger partial charge in [-0.25, -0.2) is 14.5 Å². The van der Waals surface area contributed by atoms with Gasteiger partial charge in [0.25, 0.3) is 5.56 Å². The van der Waals surface area contributed by atoms with Crippen LogP contribution >= 0.6 is 11.3 Å². The molecule has 10 heteroatoms. The Morgan fingerprint density at radius 1 is 1.07 bits per heavy atom. The molecule has 0 radical (unpaired) electrons. The summed E-state index contributed by atoms with van der Waals surface area (Å²) in [6.45, 7) is 3.77. The molecule has 6 rings (SSSR count). The molecule has 5 aromatic rings. The molecule has 9 nitrogen and oxygen atoms in total. The Hall–Kier alpha value is -5.09. The first-order valence-electron chi connectivity index (χ1n) is 13.1. The Bertz CT molecular complexity index is 1970. The first kappa shape index (κ1) is 26.1. The lowest BCUT2D eigenvalue weighted by atomic mass is 9.96. The number of thiazole rings is 1. The highest BCUT2D eigenvalue weighted by Crippen LogP contribution is 2.30. The lowest BCUT2D eigenvalue weighted by Gasteiger charge is -2.24. The number of aromatic nitrogens is 4. The minimum absolute atomic E-state index is 0.218. The van der Waals surface area contributed by atoms with Crippen molar-refractivity contribution in [3.8, 4) is 16.9 Å². The second-order valence-electron chi connectivity index (χ2n) is 9.48. The number of hydrogen-bond acceptors (Lipinski definition) is 8. The Morgan fingerprint density at radius 2 is 1.85 bits per heavy atom. The van der Waals surface area contributed by atoms with Crippen molar-refractivity contribution < 1.29 is 9.53 Å². The van der Waals surface area contributed by atoms with E-state index in [2.05, 4.69) is 15.3 Å². The lowest BCUT2D eigenvalue weighted by Crippen LogP contribution is -2.39. The van der Waals surface area contributed by atoms with Gasteiger partial charge in [-0.2, -0.15) is 0 Å². The monoisotopic (exact) mass is 562 g/mol. The van der Waals surface area contributed by atoms with Gasteiger partial charge < -0.3 is 10.5 Å². The molecule has 0 aliphatic carbocycles. The number of ether oxygens (including phenoxy) is 1. The van der Waals surface area contributed by atoms with Crippen molar-refractivity contribution in [2.24, 2.45) is 4.99 Å². The number of nitrogens with zero attached hydrogens (tertiary/aromatic N) is 5. The van der Waals surface area contributed by atoms with Crippen LogP contribution in [-0.4, -0.2) is 32.1 Å². The fourth-order valence-electron chi connectivity index (χ4n) is 4.84. The molecule has 0 saturated carbocycles. The van der Waals surface area contributed by atoms with Crippen LogP contribution in [0.2, 0.25) is 0 Å². The largest absolute Gasteiger partial charge is 0.463 e. The molecule has 0 amide bonds. The van der Waals surface area contributed by atoms with Crippen molar-refractivity contribution >= 4 is 29.1 Å². The number of carbonyl (C=O) groups is 1. The van der Waals surface area contributed by atoms with E-state index >= 15 is 0 Å². The number of hydrogen-bond donors (Lipinski definition) is 1. The molecule has 1 atom stereocenters. The first-order chi connectivity index (χ1) is 19.9. The summed E-state index contributed by atoms with van der Waals surface area (Å²) in [4.78, 5) is 31.9. The molecule has 0 bridgehead atoms. The van der Waals surface area contributed by atoms with Gasteiger partial charge >= 0.3 is 5.97 Å². The van der Waals surface area contributed by atoms with Gasteiger partial charge in [-0.1, -0.05) is 71.1 Å². The smallest absolute Gasteiger partial charge is 0.338 e. The van der Waals surface area contributed by atoms with Crippen LogP contribution in [0.15, 0.2) is 106 Å². The summed E-state index contributed by atoms with van der Waals surface area (Å²) < 4.78 is 9.14. The topological polar surface area (TPSA) is 117 Å². The Labute approximate surface area is 239 Å². The van der Waals surface area contributed by atoms with Crippen molar-refractivity contribution in [1.82, 2.24) is 19.6 Å². The van der Waals surface area contributed by atoms with Crippen LogP contribution in [0.4, 0.5) is 5.69 Å². The molecule has 3 heterocycles. The zero-order chi connectivity index (χ0) is 28.5. The lowest BCUT2D eigenvalue weighted by molar-refractivity contribution is -0.139. The summed E-state index contributed by atoms with van der Waals surface area (Å²) in [5.41, 5.74) is 11.3. The first-order valence-corrected chi connectivity index (χ1v) is 13.9. The van der Waals surface area contributed by atoms with Crippen LogP contribution in [0, 0.1) is 0 Å². The van der Waals surface area contributed by atoms with E-state index in [1.165, 1.54) is 11.3 Å². The van der Waals surface area contributed by atoms with Gasteiger partial charge in [0.2, 0.25) is 0 Å². The van der Waals surface area contributed by atoms with E-state index in [1.54, 1.807) is 23.1 Å². The molecule has 2 N–H and O–H groups in total. The minimum Gasteiger partial charge on any atom is -0.463 e. The molecular formula is C31H26N6O3S. The number of rotatable bonds is 6. The average molecular weight is 563 g/mol. The quantitative estimate of drug-likeness (QED) is 0.250. The van der Waals surface area contributed by atoms with Crippen molar-refractivity contribution in [3.63, 3.8) is 0 Å². The van der Waals surface area contributed by atoms with E-state index in [9.17, 15) is 9.59 Å². The standard InChI is InChI=1S/C31H26N6O3S/c1-3-40-30(39)27-19(2)33-31-37(28(27)21-8-5-4-6-9-21)29(38)26(41-31)16-20-12-14-24(15-13-20)36-18-25(34-35-36)22-10-7-11-23(32)17-22/h4-18,28H,3,32H2,1-2H3/b26-16+. The maximum atomic E-state index is 13.8. The fourth-order valence-corrected chi connectivity index (χ4v) is 5.88. The van der Waals surface area contributed by atoms with Crippen LogP contribution < -0.4 is 20.6 Å². The van der Waals surface area contributed by atoms with Crippen LogP contribution in [0.25, 0.3) is 23.0 Å². The van der Waals surface area contributed by atoms with E-state index in [0.717, 1.165) is 22.4 Å². The molecule has 1 unspecified atom stereocenters. The van der Waals surface area contributed by atoms with Crippen LogP contribution in [0.1, 0.15) is 31.0 Å². The number of carbonyl (C=O) groups excluding carboxylic acids is 1. The molecule has 1 aliphatic heterocycles. The number of nitrogen functional groups attached to an aromatic ring is 1. The average Bonchev–Trinajstić information content (AvgIpc) is 3.58. The SMILES string of the molecule is CCOC(=O)C1=C(C)N=c2s/c(=C/c3ccc(-n4cc(-c5cccc(N)c5)nn4)cc3)c(=O)n2C1c1ccccc1. The Morgan fingerprint density at radius 3 is 2.59 bits per heavy atom. The third-order valence-corrected chi connectivity index (χ3v) is 7.75. The van der Waals surface area contributed by atoms with Crippen molar-refractivity contribution in [2.75, 3.05) is 12.3 Å². The third-order valence-electron chi connectivity index (χ3n) is 6.76. The summed E-state index contributed by atoms with van der Waals surface area (Å²) in [7, 11) is 0. The molecular weight excluding hydrogens is 536 g/mol. The van der Waals surface area contributed by atoms with E-state index in [0.29, 0.717) is 32.0 Å². The Balaban J connectivity index is 1.36. The number of anilines is 1. The summed E-state index contributed by atoms with van der Waals surface area (Å²) >= 11 is 1.29. The van der Waals surface area contributed by atoms with Gasteiger partial charge in [0, 0.05) is 11.3 Å². The molecule has 204 valence electrons. The number of allylic oxidation sites excluding steroid dienone is 1. The van der Waals surface area contributed by atoms with Gasteiger partial charge in [-0.15, -0.1) is 5.10 Å². The third kappa shape index (κ3) is 5.01. The zero-order valence-electron chi connectivity index (χ0n) is 22.4. The summed E-state index contributed by atoms with van der Waals surface area (Å²) in [6.07, 6.45) is 3.67. The highest BCUT2D eigenvalue weighted by molar-refractivity contribution is 7.07. The fraction of sp³-hybridized carbons (Fsp3) is 0.129. The van der Waals surface area contributed by atoms with Crippen molar-refractivity contribution in [2.45, 2.75) is 19.9 Å². The van der Waals surface area contributed by atoms with Gasteiger partial charge in [-0.3, -0.25) is 9.36 Å². The number of esters is 1. The predicted octanol–water partition coefficient (Wildman–Crippen LogP) is 3.63. The highest BCUT2D eigenvalue weighted by Gasteiger charge is 2.33. The molecule has 0 spiro atoms. The van der Waals surface area contributed by atoms with Gasteiger partial charge in [-0.05, 0) is 55.3 Å². The second-order valence-corrected chi connectivity index (χ2v) is 10.5. The zero-order valence-corrected chi connectivity index (χ0v) is 23.2. The van der Waals surface area contributed by atoms with E-state index < -0.39 is 12.0 Å². The summed E-state index contributed by atoms with van der Waals surface area (Å²) in [6, 6.07) is 24.0. The van der Waals surface area contributed by atoms with Crippen molar-refractivity contribution in [3.05, 3.63) is 127 Å². The second kappa shape index (κ2) is 10.8. The molecule has 1 aliphatic rings. The van der Waals surface area contributed by atoms with Crippen LogP contribution in [0.3, 0.4) is 0 Å². The molecule has 41 heavy (non-hydrogen) atoms. The number of fused-ring (bicyclic) bond motifs is 1. The molecule has 2 aromatic heterocycles. The van der Waals surface area contributed by atoms with Gasteiger partial charge in [0.15, 0.2) is 4.80 Å². The maximum Gasteiger partial charge on any atom is 0.338 e. The molecule has 0 fully saturated rings. The van der Waals surface area contributed by atoms with Crippen LogP contribution in [-0.2, 0) is 9.53 Å². The van der Waals surface area contributed by atoms with Gasteiger partial charge in [0.05, 0.1) is 40.3 Å². The van der Waals surface area contributed by atoms with E-state index in [-0.39, 0.29) is 12.2 Å². The van der Waals surface area contributed by atoms with Crippen molar-refractivity contribution in [1.29, 1.82) is 0 Å². The summed E-state index contributed by atoms with van der Waals surface area (Å²) in [5.74, 6) is -0.473. The van der Waals surface area contributed by atoms with E-state index in [4.69, 9.17) is 10.5 Å². The summed E-state index contributed by atoms with van der Waals surface area (Å²) in [5, 5.41) is 8.52.